The maximum Gasteiger partial charge on any atom is 0.229 e. The Bertz CT molecular complexity index is 455. The number of benzene rings is 1. The Morgan fingerprint density at radius 1 is 1.40 bits per heavy atom. The summed E-state index contributed by atoms with van der Waals surface area (Å²) in [5.74, 6) is 0.765. The molecule has 15 heavy (non-hydrogen) atoms. The molecule has 0 fully saturated rings. The first-order chi connectivity index (χ1) is 7.33. The molecule has 2 aromatic rings. The molecule has 0 aliphatic carbocycles. The highest BCUT2D eigenvalue weighted by molar-refractivity contribution is 6.28. The second-order valence-corrected chi connectivity index (χ2v) is 3.21. The topological polar surface area (TPSA) is 39.9 Å². The van der Waals surface area contributed by atoms with Crippen LogP contribution < -0.4 is 4.74 Å². The highest BCUT2D eigenvalue weighted by Crippen LogP contribution is 2.24. The van der Waals surface area contributed by atoms with Gasteiger partial charge in [0.1, 0.15) is 12.1 Å². The number of ether oxygens (including phenoxy) is 1. The summed E-state index contributed by atoms with van der Waals surface area (Å²) in [6.45, 7) is 2.54. The first-order valence-corrected chi connectivity index (χ1v) is 4.98. The lowest BCUT2D eigenvalue weighted by Crippen LogP contribution is -1.99. The molecule has 0 saturated carbocycles. The first kappa shape index (κ1) is 9.98. The van der Waals surface area contributed by atoms with Crippen molar-refractivity contribution in [2.75, 3.05) is 6.61 Å². The van der Waals surface area contributed by atoms with Gasteiger partial charge in [-0.2, -0.15) is 0 Å². The molecular weight excluding hydrogens is 214 g/mol. The minimum Gasteiger partial charge on any atom is -0.492 e. The van der Waals surface area contributed by atoms with E-state index in [1.165, 1.54) is 0 Å². The van der Waals surface area contributed by atoms with Crippen molar-refractivity contribution in [1.82, 2.24) is 14.8 Å². The van der Waals surface area contributed by atoms with Gasteiger partial charge < -0.3 is 4.74 Å². The molecule has 0 bridgehead atoms. The van der Waals surface area contributed by atoms with Crippen molar-refractivity contribution < 1.29 is 4.74 Å². The number of hydrogen-bond acceptors (Lipinski definition) is 3. The predicted molar refractivity (Wildman–Crippen MR) is 57.5 cm³/mol. The van der Waals surface area contributed by atoms with Gasteiger partial charge in [-0.1, -0.05) is 12.1 Å². The molecule has 0 atom stereocenters. The smallest absolute Gasteiger partial charge is 0.229 e. The van der Waals surface area contributed by atoms with Crippen LogP contribution in [0.25, 0.3) is 5.69 Å². The van der Waals surface area contributed by atoms with Gasteiger partial charge in [0, 0.05) is 0 Å². The third kappa shape index (κ3) is 1.94. The van der Waals surface area contributed by atoms with E-state index in [9.17, 15) is 0 Å². The van der Waals surface area contributed by atoms with Crippen LogP contribution in [0, 0.1) is 0 Å². The molecule has 0 aliphatic rings. The number of aromatic nitrogens is 3. The molecule has 0 N–H and O–H groups in total. The molecule has 2 rings (SSSR count). The van der Waals surface area contributed by atoms with Crippen molar-refractivity contribution in [3.63, 3.8) is 0 Å². The molecule has 1 aromatic carbocycles. The van der Waals surface area contributed by atoms with Crippen molar-refractivity contribution in [3.8, 4) is 11.4 Å². The largest absolute Gasteiger partial charge is 0.492 e. The zero-order chi connectivity index (χ0) is 10.7. The SMILES string of the molecule is CCOc1ccccc1-n1cnnc1Cl. The van der Waals surface area contributed by atoms with Crippen LogP contribution in [0.4, 0.5) is 0 Å². The van der Waals surface area contributed by atoms with Crippen LogP contribution in [0.3, 0.4) is 0 Å². The fraction of sp³-hybridized carbons (Fsp3) is 0.200. The lowest BCUT2D eigenvalue weighted by atomic mass is 10.3. The highest BCUT2D eigenvalue weighted by Gasteiger charge is 2.08. The predicted octanol–water partition coefficient (Wildman–Crippen LogP) is 2.32. The summed E-state index contributed by atoms with van der Waals surface area (Å²) in [6, 6.07) is 7.61. The lowest BCUT2D eigenvalue weighted by Gasteiger charge is -2.09. The molecule has 5 heteroatoms. The van der Waals surface area contributed by atoms with Crippen LogP contribution in [0.1, 0.15) is 6.92 Å². The minimum absolute atomic E-state index is 0.321. The van der Waals surface area contributed by atoms with E-state index < -0.39 is 0 Å². The maximum absolute atomic E-state index is 5.88. The molecule has 0 spiro atoms. The molecule has 0 radical (unpaired) electrons. The van der Waals surface area contributed by atoms with E-state index in [4.69, 9.17) is 16.3 Å². The Kier molecular flexibility index (Phi) is 2.87. The maximum atomic E-state index is 5.88. The van der Waals surface area contributed by atoms with Gasteiger partial charge in [-0.15, -0.1) is 10.2 Å². The number of para-hydroxylation sites is 2. The Morgan fingerprint density at radius 3 is 2.87 bits per heavy atom. The van der Waals surface area contributed by atoms with E-state index in [1.807, 2.05) is 31.2 Å². The van der Waals surface area contributed by atoms with Crippen molar-refractivity contribution >= 4 is 11.6 Å². The molecular formula is C10H10ClN3O. The summed E-state index contributed by atoms with van der Waals surface area (Å²) < 4.78 is 7.15. The molecule has 0 aliphatic heterocycles. The average Bonchev–Trinajstić information content (AvgIpc) is 2.66. The van der Waals surface area contributed by atoms with E-state index in [1.54, 1.807) is 10.9 Å². The molecule has 4 nitrogen and oxygen atoms in total. The normalized spacial score (nSPS) is 10.3. The Hall–Kier alpha value is -1.55. The van der Waals surface area contributed by atoms with Gasteiger partial charge in [0.2, 0.25) is 5.28 Å². The summed E-state index contributed by atoms with van der Waals surface area (Å²) in [5.41, 5.74) is 0.842. The summed E-state index contributed by atoms with van der Waals surface area (Å²) in [6.07, 6.45) is 1.56. The molecule has 0 unspecified atom stereocenters. The van der Waals surface area contributed by atoms with Gasteiger partial charge in [0.25, 0.3) is 0 Å². The molecule has 1 aromatic heterocycles. The van der Waals surface area contributed by atoms with Crippen molar-refractivity contribution in [1.29, 1.82) is 0 Å². The van der Waals surface area contributed by atoms with E-state index in [2.05, 4.69) is 10.2 Å². The summed E-state index contributed by atoms with van der Waals surface area (Å²) in [4.78, 5) is 0. The Labute approximate surface area is 92.5 Å². The second kappa shape index (κ2) is 4.31. The average molecular weight is 224 g/mol. The van der Waals surface area contributed by atoms with Crippen LogP contribution in [0.2, 0.25) is 5.28 Å². The zero-order valence-corrected chi connectivity index (χ0v) is 8.98. The van der Waals surface area contributed by atoms with Crippen molar-refractivity contribution in [2.45, 2.75) is 6.92 Å². The summed E-state index contributed by atoms with van der Waals surface area (Å²) >= 11 is 5.88. The highest BCUT2D eigenvalue weighted by atomic mass is 35.5. The van der Waals surface area contributed by atoms with Gasteiger partial charge >= 0.3 is 0 Å². The number of rotatable bonds is 3. The third-order valence-electron chi connectivity index (χ3n) is 1.93. The van der Waals surface area contributed by atoms with Gasteiger partial charge in [-0.05, 0) is 30.7 Å². The number of hydrogen-bond donors (Lipinski definition) is 0. The lowest BCUT2D eigenvalue weighted by molar-refractivity contribution is 0.339. The first-order valence-electron chi connectivity index (χ1n) is 4.60. The number of halogens is 1. The number of nitrogens with zero attached hydrogens (tertiary/aromatic N) is 3. The van der Waals surface area contributed by atoms with Crippen molar-refractivity contribution in [2.24, 2.45) is 0 Å². The Morgan fingerprint density at radius 2 is 2.20 bits per heavy atom. The Balaban J connectivity index is 2.48. The van der Waals surface area contributed by atoms with E-state index in [-0.39, 0.29) is 0 Å². The van der Waals surface area contributed by atoms with E-state index in [0.717, 1.165) is 11.4 Å². The van der Waals surface area contributed by atoms with Crippen LogP contribution in [-0.2, 0) is 0 Å². The van der Waals surface area contributed by atoms with Gasteiger partial charge in [-0.3, -0.25) is 4.57 Å². The van der Waals surface area contributed by atoms with Gasteiger partial charge in [0.05, 0.1) is 12.3 Å². The molecule has 0 amide bonds. The third-order valence-corrected chi connectivity index (χ3v) is 2.19. The quantitative estimate of drug-likeness (QED) is 0.802. The summed E-state index contributed by atoms with van der Waals surface area (Å²) in [5, 5.41) is 7.76. The fourth-order valence-corrected chi connectivity index (χ4v) is 1.49. The molecule has 1 heterocycles. The minimum atomic E-state index is 0.321. The second-order valence-electron chi connectivity index (χ2n) is 2.87. The standard InChI is InChI=1S/C10H10ClN3O/c1-2-15-9-6-4-3-5-8(9)14-7-12-13-10(14)11/h3-7H,2H2,1H3. The van der Waals surface area contributed by atoms with E-state index >= 15 is 0 Å². The van der Waals surface area contributed by atoms with Crippen LogP contribution >= 0.6 is 11.6 Å². The van der Waals surface area contributed by atoms with Crippen molar-refractivity contribution in [3.05, 3.63) is 35.9 Å². The van der Waals surface area contributed by atoms with Gasteiger partial charge in [0.15, 0.2) is 0 Å². The van der Waals surface area contributed by atoms with Crippen LogP contribution in [0.5, 0.6) is 5.75 Å². The fourth-order valence-electron chi connectivity index (χ4n) is 1.32. The molecule has 0 saturated heterocycles. The molecule has 78 valence electrons. The van der Waals surface area contributed by atoms with Crippen LogP contribution in [0.15, 0.2) is 30.6 Å². The van der Waals surface area contributed by atoms with E-state index in [0.29, 0.717) is 11.9 Å². The zero-order valence-electron chi connectivity index (χ0n) is 8.22. The van der Waals surface area contributed by atoms with Crippen LogP contribution in [-0.4, -0.2) is 21.4 Å². The monoisotopic (exact) mass is 223 g/mol. The summed E-state index contributed by atoms with van der Waals surface area (Å²) in [7, 11) is 0. The van der Waals surface area contributed by atoms with Gasteiger partial charge in [-0.25, -0.2) is 0 Å².